The lowest BCUT2D eigenvalue weighted by Crippen LogP contribution is -2.04. The third-order valence-corrected chi connectivity index (χ3v) is 3.78. The molecule has 0 saturated carbocycles. The van der Waals surface area contributed by atoms with Crippen molar-refractivity contribution >= 4 is 22.8 Å². The fourth-order valence-electron chi connectivity index (χ4n) is 1.87. The predicted molar refractivity (Wildman–Crippen MR) is 72.0 cm³/mol. The normalized spacial score (nSPS) is 11.3. The van der Waals surface area contributed by atoms with E-state index >= 15 is 0 Å². The number of hydrogen-bond acceptors (Lipinski definition) is 7. The molecule has 104 valence electrons. The Balaban J connectivity index is 1.98. The van der Waals surface area contributed by atoms with Gasteiger partial charge in [-0.15, -0.1) is 10.2 Å². The second-order valence-electron chi connectivity index (χ2n) is 4.12. The fraction of sp³-hybridized carbons (Fsp3) is 0.364. The van der Waals surface area contributed by atoms with Crippen molar-refractivity contribution in [3.8, 4) is 0 Å². The summed E-state index contributed by atoms with van der Waals surface area (Å²) < 4.78 is 1.90. The van der Waals surface area contributed by atoms with Gasteiger partial charge in [-0.3, -0.25) is 5.10 Å². The number of aromatic nitrogens is 7. The van der Waals surface area contributed by atoms with Gasteiger partial charge in [0.1, 0.15) is 18.0 Å². The highest BCUT2D eigenvalue weighted by molar-refractivity contribution is 7.99. The van der Waals surface area contributed by atoms with Crippen LogP contribution >= 0.6 is 11.8 Å². The monoisotopic (exact) mass is 291 g/mol. The molecular formula is C11H13N7OS. The maximum atomic E-state index is 9.29. The molecule has 20 heavy (non-hydrogen) atoms. The zero-order valence-electron chi connectivity index (χ0n) is 10.8. The van der Waals surface area contributed by atoms with Gasteiger partial charge in [0.2, 0.25) is 0 Å². The van der Waals surface area contributed by atoms with Crippen molar-refractivity contribution in [2.75, 3.05) is 0 Å². The van der Waals surface area contributed by atoms with Gasteiger partial charge in [-0.25, -0.2) is 9.97 Å². The van der Waals surface area contributed by atoms with Crippen LogP contribution < -0.4 is 0 Å². The van der Waals surface area contributed by atoms with Crippen LogP contribution in [0.3, 0.4) is 0 Å². The largest absolute Gasteiger partial charge is 0.388 e. The number of aliphatic hydroxyl groups is 1. The van der Waals surface area contributed by atoms with E-state index in [0.29, 0.717) is 16.6 Å². The van der Waals surface area contributed by atoms with Crippen molar-refractivity contribution in [1.82, 2.24) is 34.9 Å². The van der Waals surface area contributed by atoms with Gasteiger partial charge in [0.15, 0.2) is 16.6 Å². The van der Waals surface area contributed by atoms with Crippen molar-refractivity contribution in [1.29, 1.82) is 0 Å². The number of nitrogens with zero attached hydrogens (tertiary/aromatic N) is 6. The molecule has 0 aromatic carbocycles. The number of H-pyrrole nitrogens is 1. The van der Waals surface area contributed by atoms with E-state index in [0.717, 1.165) is 23.4 Å². The molecule has 0 fully saturated rings. The molecule has 3 aromatic rings. The molecular weight excluding hydrogens is 278 g/mol. The molecule has 3 heterocycles. The van der Waals surface area contributed by atoms with Crippen molar-refractivity contribution in [2.45, 2.75) is 36.7 Å². The van der Waals surface area contributed by atoms with E-state index in [1.165, 1.54) is 18.1 Å². The summed E-state index contributed by atoms with van der Waals surface area (Å²) in [6.07, 6.45) is 4.10. The molecule has 0 aliphatic rings. The van der Waals surface area contributed by atoms with E-state index in [9.17, 15) is 5.11 Å². The summed E-state index contributed by atoms with van der Waals surface area (Å²) in [5.41, 5.74) is 0.687. The first-order chi connectivity index (χ1) is 9.83. The van der Waals surface area contributed by atoms with Crippen molar-refractivity contribution in [3.63, 3.8) is 0 Å². The van der Waals surface area contributed by atoms with Crippen molar-refractivity contribution in [2.24, 2.45) is 0 Å². The minimum absolute atomic E-state index is 0.127. The molecule has 0 saturated heterocycles. The minimum Gasteiger partial charge on any atom is -0.388 e. The lowest BCUT2D eigenvalue weighted by molar-refractivity contribution is 0.263. The lowest BCUT2D eigenvalue weighted by atomic mass is 10.4. The van der Waals surface area contributed by atoms with E-state index in [2.05, 4.69) is 37.3 Å². The average Bonchev–Trinajstić information content (AvgIpc) is 3.07. The Kier molecular flexibility index (Phi) is 3.61. The van der Waals surface area contributed by atoms with E-state index in [4.69, 9.17) is 0 Å². The minimum atomic E-state index is -0.127. The van der Waals surface area contributed by atoms with Crippen LogP contribution in [0.15, 0.2) is 22.7 Å². The van der Waals surface area contributed by atoms with Crippen LogP contribution in [0.5, 0.6) is 0 Å². The van der Waals surface area contributed by atoms with E-state index in [-0.39, 0.29) is 6.61 Å². The molecule has 0 bridgehead atoms. The summed E-state index contributed by atoms with van der Waals surface area (Å²) in [5, 5.41) is 26.5. The smallest absolute Gasteiger partial charge is 0.197 e. The second-order valence-corrected chi connectivity index (χ2v) is 5.08. The van der Waals surface area contributed by atoms with Crippen molar-refractivity contribution in [3.05, 3.63) is 18.3 Å². The number of fused-ring (bicyclic) bond motifs is 1. The highest BCUT2D eigenvalue weighted by Gasteiger charge is 2.15. The molecule has 0 amide bonds. The van der Waals surface area contributed by atoms with Crippen LogP contribution in [-0.2, 0) is 13.2 Å². The molecule has 8 nitrogen and oxygen atoms in total. The number of nitrogens with one attached hydrogen (secondary N) is 1. The standard InChI is InChI=1S/C11H13N7OS/c1-2-3-18-8(5-19)15-17-11(18)20-10-7-4-14-16-9(7)12-6-13-10/h4,6,19H,2-3,5H2,1H3,(H,12,13,14,16). The number of rotatable bonds is 5. The molecule has 3 aromatic heterocycles. The zero-order valence-corrected chi connectivity index (χ0v) is 11.6. The number of hydrogen-bond donors (Lipinski definition) is 2. The molecule has 3 rings (SSSR count). The van der Waals surface area contributed by atoms with Crippen LogP contribution in [0, 0.1) is 0 Å². The van der Waals surface area contributed by atoms with Gasteiger partial charge in [0, 0.05) is 6.54 Å². The quantitative estimate of drug-likeness (QED) is 0.675. The van der Waals surface area contributed by atoms with E-state index in [1.807, 2.05) is 4.57 Å². The summed E-state index contributed by atoms with van der Waals surface area (Å²) in [7, 11) is 0. The third-order valence-electron chi connectivity index (χ3n) is 2.78. The van der Waals surface area contributed by atoms with Gasteiger partial charge >= 0.3 is 0 Å². The van der Waals surface area contributed by atoms with Crippen LogP contribution in [0.1, 0.15) is 19.2 Å². The maximum absolute atomic E-state index is 9.29. The molecule has 0 aliphatic carbocycles. The maximum Gasteiger partial charge on any atom is 0.197 e. The Labute approximate surface area is 118 Å². The first kappa shape index (κ1) is 13.0. The van der Waals surface area contributed by atoms with Crippen LogP contribution in [0.25, 0.3) is 11.0 Å². The van der Waals surface area contributed by atoms with E-state index in [1.54, 1.807) is 6.20 Å². The lowest BCUT2D eigenvalue weighted by Gasteiger charge is -2.06. The topological polar surface area (TPSA) is 105 Å². The van der Waals surface area contributed by atoms with Gasteiger partial charge in [-0.2, -0.15) is 5.10 Å². The molecule has 0 atom stereocenters. The Hall–Kier alpha value is -2.00. The number of aromatic amines is 1. The predicted octanol–water partition coefficient (Wildman–Crippen LogP) is 0.998. The SMILES string of the molecule is CCCn1c(CO)nnc1Sc1ncnc2[nH]ncc12. The molecule has 0 unspecified atom stereocenters. The first-order valence-corrected chi connectivity index (χ1v) is 7.00. The summed E-state index contributed by atoms with van der Waals surface area (Å²) in [6.45, 7) is 2.69. The molecule has 9 heteroatoms. The van der Waals surface area contributed by atoms with Crippen LogP contribution in [0.4, 0.5) is 0 Å². The summed E-state index contributed by atoms with van der Waals surface area (Å²) in [6, 6.07) is 0. The fourth-order valence-corrected chi connectivity index (χ4v) is 2.79. The van der Waals surface area contributed by atoms with Crippen molar-refractivity contribution < 1.29 is 5.11 Å². The summed E-state index contributed by atoms with van der Waals surface area (Å²) in [4.78, 5) is 8.36. The third kappa shape index (κ3) is 2.25. The highest BCUT2D eigenvalue weighted by Crippen LogP contribution is 2.29. The van der Waals surface area contributed by atoms with Gasteiger partial charge in [-0.05, 0) is 18.2 Å². The van der Waals surface area contributed by atoms with Crippen LogP contribution in [-0.4, -0.2) is 40.0 Å². The second kappa shape index (κ2) is 5.55. The van der Waals surface area contributed by atoms with E-state index < -0.39 is 0 Å². The number of aliphatic hydroxyl groups excluding tert-OH is 1. The van der Waals surface area contributed by atoms with Gasteiger partial charge in [0.25, 0.3) is 0 Å². The highest BCUT2D eigenvalue weighted by atomic mass is 32.2. The molecule has 0 radical (unpaired) electrons. The molecule has 0 aliphatic heterocycles. The molecule has 2 N–H and O–H groups in total. The molecule has 0 spiro atoms. The average molecular weight is 291 g/mol. The van der Waals surface area contributed by atoms with Crippen LogP contribution in [0.2, 0.25) is 0 Å². The summed E-state index contributed by atoms with van der Waals surface area (Å²) in [5.74, 6) is 0.562. The Morgan fingerprint density at radius 1 is 1.35 bits per heavy atom. The Morgan fingerprint density at radius 2 is 2.25 bits per heavy atom. The first-order valence-electron chi connectivity index (χ1n) is 6.18. The van der Waals surface area contributed by atoms with Gasteiger partial charge in [0.05, 0.1) is 11.6 Å². The van der Waals surface area contributed by atoms with Gasteiger partial charge < -0.3 is 9.67 Å². The summed E-state index contributed by atoms with van der Waals surface area (Å²) >= 11 is 1.39. The van der Waals surface area contributed by atoms with Gasteiger partial charge in [-0.1, -0.05) is 6.92 Å². The Bertz CT molecular complexity index is 722. The zero-order chi connectivity index (χ0) is 13.9. The Morgan fingerprint density at radius 3 is 3.05 bits per heavy atom.